The summed E-state index contributed by atoms with van der Waals surface area (Å²) in [5.41, 5.74) is 1.79. The number of carbonyl (C=O) groups is 1. The average Bonchev–Trinajstić information content (AvgIpc) is 2.40. The SMILES string of the molecule is O=CC1=Cc2cccc(I)c2OCC1. The molecule has 0 spiro atoms. The smallest absolute Gasteiger partial charge is 0.146 e. The molecule has 0 aliphatic carbocycles. The maximum atomic E-state index is 10.7. The summed E-state index contributed by atoms with van der Waals surface area (Å²) in [5, 5.41) is 0. The van der Waals surface area contributed by atoms with Gasteiger partial charge in [0.05, 0.1) is 10.2 Å². The van der Waals surface area contributed by atoms with Crippen LogP contribution >= 0.6 is 22.6 Å². The summed E-state index contributed by atoms with van der Waals surface area (Å²) in [6.45, 7) is 0.581. The number of rotatable bonds is 1. The zero-order valence-electron chi connectivity index (χ0n) is 7.50. The van der Waals surface area contributed by atoms with Gasteiger partial charge < -0.3 is 4.74 Å². The molecule has 0 saturated carbocycles. The Bertz CT molecular complexity index is 396. The maximum Gasteiger partial charge on any atom is 0.146 e. The topological polar surface area (TPSA) is 26.3 Å². The summed E-state index contributed by atoms with van der Waals surface area (Å²) < 4.78 is 6.68. The minimum absolute atomic E-state index is 0.581. The third-order valence-corrected chi connectivity index (χ3v) is 2.98. The summed E-state index contributed by atoms with van der Waals surface area (Å²) in [6, 6.07) is 5.93. The molecule has 0 bridgehead atoms. The van der Waals surface area contributed by atoms with Crippen molar-refractivity contribution >= 4 is 35.0 Å². The van der Waals surface area contributed by atoms with Crippen molar-refractivity contribution in [2.75, 3.05) is 6.61 Å². The molecule has 0 aromatic heterocycles. The fourth-order valence-electron chi connectivity index (χ4n) is 1.43. The number of halogens is 1. The number of aldehydes is 1. The molecule has 1 aromatic rings. The van der Waals surface area contributed by atoms with Gasteiger partial charge in [-0.2, -0.15) is 0 Å². The average molecular weight is 300 g/mol. The lowest BCUT2D eigenvalue weighted by Gasteiger charge is -2.07. The molecule has 1 heterocycles. The van der Waals surface area contributed by atoms with Crippen molar-refractivity contribution in [1.29, 1.82) is 0 Å². The number of hydrogen-bond acceptors (Lipinski definition) is 2. The largest absolute Gasteiger partial charge is 0.492 e. The summed E-state index contributed by atoms with van der Waals surface area (Å²) in [5.74, 6) is 0.893. The Morgan fingerprint density at radius 1 is 1.43 bits per heavy atom. The third kappa shape index (κ3) is 1.82. The van der Waals surface area contributed by atoms with Crippen molar-refractivity contribution in [1.82, 2.24) is 0 Å². The van der Waals surface area contributed by atoms with E-state index in [4.69, 9.17) is 4.74 Å². The van der Waals surface area contributed by atoms with Crippen LogP contribution in [0, 0.1) is 3.57 Å². The first kappa shape index (κ1) is 9.71. The lowest BCUT2D eigenvalue weighted by Crippen LogP contribution is -1.98. The molecule has 3 heteroatoms. The second-order valence-corrected chi connectivity index (χ2v) is 4.26. The molecule has 0 N–H and O–H groups in total. The van der Waals surface area contributed by atoms with Gasteiger partial charge in [0.15, 0.2) is 0 Å². The Labute approximate surface area is 96.1 Å². The first-order chi connectivity index (χ1) is 6.81. The second-order valence-electron chi connectivity index (χ2n) is 3.09. The number of hydrogen-bond donors (Lipinski definition) is 0. The predicted octanol–water partition coefficient (Wildman–Crippen LogP) is 2.66. The molecule has 0 radical (unpaired) electrons. The molecule has 1 aliphatic rings. The molecular weight excluding hydrogens is 291 g/mol. The molecule has 0 saturated heterocycles. The molecule has 2 rings (SSSR count). The molecule has 2 nitrogen and oxygen atoms in total. The van der Waals surface area contributed by atoms with Crippen molar-refractivity contribution in [3.8, 4) is 5.75 Å². The minimum atomic E-state index is 0.581. The third-order valence-electron chi connectivity index (χ3n) is 2.13. The van der Waals surface area contributed by atoms with E-state index < -0.39 is 0 Å². The minimum Gasteiger partial charge on any atom is -0.492 e. The van der Waals surface area contributed by atoms with Gasteiger partial charge in [-0.05, 0) is 40.3 Å². The maximum absolute atomic E-state index is 10.7. The Morgan fingerprint density at radius 3 is 3.07 bits per heavy atom. The first-order valence-electron chi connectivity index (χ1n) is 4.38. The van der Waals surface area contributed by atoms with Crippen molar-refractivity contribution in [2.45, 2.75) is 6.42 Å². The number of benzene rings is 1. The second kappa shape index (κ2) is 4.13. The highest BCUT2D eigenvalue weighted by Crippen LogP contribution is 2.29. The zero-order valence-corrected chi connectivity index (χ0v) is 9.65. The molecule has 0 unspecified atom stereocenters. The Morgan fingerprint density at radius 2 is 2.29 bits per heavy atom. The van der Waals surface area contributed by atoms with Crippen LogP contribution in [0.25, 0.3) is 6.08 Å². The van der Waals surface area contributed by atoms with Crippen molar-refractivity contribution in [3.63, 3.8) is 0 Å². The Balaban J connectivity index is 2.52. The van der Waals surface area contributed by atoms with Gasteiger partial charge in [-0.3, -0.25) is 4.79 Å². The Hall–Kier alpha value is -0.840. The number of para-hydroxylation sites is 1. The molecule has 0 atom stereocenters. The van der Waals surface area contributed by atoms with Gasteiger partial charge in [0.25, 0.3) is 0 Å². The molecule has 0 amide bonds. The van der Waals surface area contributed by atoms with Crippen LogP contribution in [0.3, 0.4) is 0 Å². The summed E-state index contributed by atoms with van der Waals surface area (Å²) in [6.07, 6.45) is 3.49. The highest BCUT2D eigenvalue weighted by molar-refractivity contribution is 14.1. The predicted molar refractivity (Wildman–Crippen MR) is 63.3 cm³/mol. The van der Waals surface area contributed by atoms with Crippen LogP contribution in [0.15, 0.2) is 23.8 Å². The Kier molecular flexibility index (Phi) is 2.86. The van der Waals surface area contributed by atoms with Gasteiger partial charge >= 0.3 is 0 Å². The number of fused-ring (bicyclic) bond motifs is 1. The lowest BCUT2D eigenvalue weighted by atomic mass is 10.1. The van der Waals surface area contributed by atoms with Gasteiger partial charge in [0.2, 0.25) is 0 Å². The van der Waals surface area contributed by atoms with E-state index in [0.29, 0.717) is 13.0 Å². The van der Waals surface area contributed by atoms with Gasteiger partial charge in [-0.1, -0.05) is 12.1 Å². The molecule has 72 valence electrons. The van der Waals surface area contributed by atoms with Crippen molar-refractivity contribution in [3.05, 3.63) is 32.9 Å². The van der Waals surface area contributed by atoms with Crippen molar-refractivity contribution < 1.29 is 9.53 Å². The van der Waals surface area contributed by atoms with Gasteiger partial charge in [-0.15, -0.1) is 0 Å². The van der Waals surface area contributed by atoms with Crippen LogP contribution in [-0.2, 0) is 4.79 Å². The summed E-state index contributed by atoms with van der Waals surface area (Å²) in [7, 11) is 0. The fourth-order valence-corrected chi connectivity index (χ4v) is 2.10. The first-order valence-corrected chi connectivity index (χ1v) is 5.46. The van der Waals surface area contributed by atoms with E-state index in [1.54, 1.807) is 0 Å². The van der Waals surface area contributed by atoms with E-state index in [2.05, 4.69) is 22.6 Å². The van der Waals surface area contributed by atoms with Crippen LogP contribution in [0.1, 0.15) is 12.0 Å². The van der Waals surface area contributed by atoms with Gasteiger partial charge in [0.1, 0.15) is 12.0 Å². The normalized spacial score (nSPS) is 14.8. The zero-order chi connectivity index (χ0) is 9.97. The van der Waals surface area contributed by atoms with E-state index >= 15 is 0 Å². The van der Waals surface area contributed by atoms with Crippen LogP contribution < -0.4 is 4.74 Å². The van der Waals surface area contributed by atoms with Crippen LogP contribution in [0.4, 0.5) is 0 Å². The molecule has 0 fully saturated rings. The summed E-state index contributed by atoms with van der Waals surface area (Å²) in [4.78, 5) is 10.7. The summed E-state index contributed by atoms with van der Waals surface area (Å²) >= 11 is 2.24. The lowest BCUT2D eigenvalue weighted by molar-refractivity contribution is -0.105. The molecule has 14 heavy (non-hydrogen) atoms. The van der Waals surface area contributed by atoms with E-state index in [1.807, 2.05) is 24.3 Å². The number of ether oxygens (including phenoxy) is 1. The van der Waals surface area contributed by atoms with Crippen LogP contribution in [-0.4, -0.2) is 12.9 Å². The fraction of sp³-hybridized carbons (Fsp3) is 0.182. The molecule has 1 aliphatic heterocycles. The monoisotopic (exact) mass is 300 g/mol. The van der Waals surface area contributed by atoms with Gasteiger partial charge in [-0.25, -0.2) is 0 Å². The van der Waals surface area contributed by atoms with E-state index in [1.165, 1.54) is 0 Å². The number of carbonyl (C=O) groups excluding carboxylic acids is 1. The van der Waals surface area contributed by atoms with Crippen molar-refractivity contribution in [2.24, 2.45) is 0 Å². The van der Waals surface area contributed by atoms with E-state index in [-0.39, 0.29) is 0 Å². The standard InChI is InChI=1S/C11H9IO2/c12-10-3-1-2-9-6-8(7-13)4-5-14-11(9)10/h1-3,6-7H,4-5H2. The van der Waals surface area contributed by atoms with Gasteiger partial charge in [0, 0.05) is 12.0 Å². The quantitative estimate of drug-likeness (QED) is 0.589. The van der Waals surface area contributed by atoms with Crippen LogP contribution in [0.5, 0.6) is 5.75 Å². The highest BCUT2D eigenvalue weighted by Gasteiger charge is 2.11. The molecule has 1 aromatic carbocycles. The van der Waals surface area contributed by atoms with E-state index in [9.17, 15) is 4.79 Å². The molecular formula is C11H9IO2. The van der Waals surface area contributed by atoms with Crippen LogP contribution in [0.2, 0.25) is 0 Å². The highest BCUT2D eigenvalue weighted by atomic mass is 127. The van der Waals surface area contributed by atoms with E-state index in [0.717, 1.165) is 26.7 Å².